The van der Waals surface area contributed by atoms with Gasteiger partial charge >= 0.3 is 0 Å². The first-order valence-electron chi connectivity index (χ1n) is 8.76. The Morgan fingerprint density at radius 1 is 0.958 bits per heavy atom. The highest BCUT2D eigenvalue weighted by molar-refractivity contribution is 5.91. The van der Waals surface area contributed by atoms with E-state index in [9.17, 15) is 5.11 Å². The molecule has 1 N–H and O–H groups in total. The van der Waals surface area contributed by atoms with Crippen molar-refractivity contribution in [3.05, 3.63) is 59.2 Å². The molecule has 3 heteroatoms. The molecule has 3 aliphatic heterocycles. The van der Waals surface area contributed by atoms with E-state index in [1.54, 1.807) is 6.07 Å². The molecule has 2 bridgehead atoms. The van der Waals surface area contributed by atoms with Crippen molar-refractivity contribution in [1.82, 2.24) is 4.90 Å². The third kappa shape index (κ3) is 1.94. The Morgan fingerprint density at radius 2 is 1.67 bits per heavy atom. The maximum Gasteiger partial charge on any atom is 0.176 e. The number of nitrogens with zero attached hydrogens (tertiary/aromatic N) is 1. The van der Waals surface area contributed by atoms with Crippen molar-refractivity contribution in [2.75, 3.05) is 7.05 Å². The summed E-state index contributed by atoms with van der Waals surface area (Å²) in [6, 6.07) is 15.2. The van der Waals surface area contributed by atoms with Crippen molar-refractivity contribution in [2.45, 2.75) is 37.8 Å². The zero-order valence-electron chi connectivity index (χ0n) is 13.8. The van der Waals surface area contributed by atoms with Crippen molar-refractivity contribution in [3.63, 3.8) is 0 Å². The lowest BCUT2D eigenvalue weighted by Crippen LogP contribution is -2.37. The zero-order chi connectivity index (χ0) is 16.3. The van der Waals surface area contributed by atoms with Crippen molar-refractivity contribution in [3.8, 4) is 17.2 Å². The predicted molar refractivity (Wildman–Crippen MR) is 94.5 cm³/mol. The van der Waals surface area contributed by atoms with E-state index in [0.717, 1.165) is 29.7 Å². The van der Waals surface area contributed by atoms with E-state index >= 15 is 0 Å². The van der Waals surface area contributed by atoms with Crippen LogP contribution in [-0.2, 0) is 0 Å². The van der Waals surface area contributed by atoms with Crippen LogP contribution in [0.1, 0.15) is 36.8 Å². The molecule has 0 radical (unpaired) electrons. The molecule has 0 aromatic heterocycles. The minimum Gasteiger partial charge on any atom is -0.504 e. The summed E-state index contributed by atoms with van der Waals surface area (Å²) in [5.74, 6) is 1.67. The molecule has 0 spiro atoms. The molecule has 3 nitrogen and oxygen atoms in total. The summed E-state index contributed by atoms with van der Waals surface area (Å²) in [5.41, 5.74) is 5.00. The Labute approximate surface area is 142 Å². The number of phenolic OH excluding ortho intramolecular Hbond substituents is 1. The summed E-state index contributed by atoms with van der Waals surface area (Å²) in [5, 5.41) is 10.3. The molecule has 2 aromatic rings. The average molecular weight is 319 g/mol. The Bertz CT molecular complexity index is 839. The number of para-hydroxylation sites is 2. The van der Waals surface area contributed by atoms with Crippen molar-refractivity contribution in [2.24, 2.45) is 0 Å². The van der Waals surface area contributed by atoms with Gasteiger partial charge in [-0.2, -0.15) is 0 Å². The summed E-state index contributed by atoms with van der Waals surface area (Å²) in [4.78, 5) is 2.55. The van der Waals surface area contributed by atoms with Gasteiger partial charge in [0, 0.05) is 23.2 Å². The molecule has 0 amide bonds. The van der Waals surface area contributed by atoms with Gasteiger partial charge in [0.15, 0.2) is 11.5 Å². The molecule has 2 fully saturated rings. The number of fused-ring (bicyclic) bond motifs is 4. The minimum atomic E-state index is 0.219. The largest absolute Gasteiger partial charge is 0.504 e. The lowest BCUT2D eigenvalue weighted by molar-refractivity contribution is 0.210. The van der Waals surface area contributed by atoms with E-state index in [1.165, 1.54) is 24.0 Å². The number of hydrogen-bond acceptors (Lipinski definition) is 3. The summed E-state index contributed by atoms with van der Waals surface area (Å²) in [6.07, 6.45) is 4.82. The first kappa shape index (κ1) is 14.1. The van der Waals surface area contributed by atoms with Crippen LogP contribution in [0, 0.1) is 0 Å². The average Bonchev–Trinajstić information content (AvgIpc) is 2.82. The van der Waals surface area contributed by atoms with E-state index in [2.05, 4.69) is 30.1 Å². The Balaban J connectivity index is 1.74. The fourth-order valence-corrected chi connectivity index (χ4v) is 4.67. The van der Waals surface area contributed by atoms with Gasteiger partial charge in [0.1, 0.15) is 5.75 Å². The van der Waals surface area contributed by atoms with Crippen LogP contribution >= 0.6 is 0 Å². The second-order valence-electron chi connectivity index (χ2n) is 7.19. The molecule has 5 rings (SSSR count). The number of rotatable bonds is 0. The summed E-state index contributed by atoms with van der Waals surface area (Å²) in [7, 11) is 2.27. The van der Waals surface area contributed by atoms with Crippen LogP contribution in [-0.4, -0.2) is 29.1 Å². The molecule has 122 valence electrons. The van der Waals surface area contributed by atoms with E-state index in [0.29, 0.717) is 17.8 Å². The van der Waals surface area contributed by atoms with Crippen LogP contribution in [0.3, 0.4) is 0 Å². The lowest BCUT2D eigenvalue weighted by Gasteiger charge is -2.35. The predicted octanol–water partition coefficient (Wildman–Crippen LogP) is 4.56. The molecule has 0 saturated carbocycles. The topological polar surface area (TPSA) is 32.7 Å². The molecule has 2 saturated heterocycles. The molecule has 2 unspecified atom stereocenters. The number of phenols is 1. The summed E-state index contributed by atoms with van der Waals surface area (Å²) in [6.45, 7) is 0. The third-order valence-corrected chi connectivity index (χ3v) is 5.93. The van der Waals surface area contributed by atoms with Gasteiger partial charge in [0.05, 0.1) is 0 Å². The molecular weight excluding hydrogens is 298 g/mol. The van der Waals surface area contributed by atoms with Gasteiger partial charge in [-0.25, -0.2) is 0 Å². The Morgan fingerprint density at radius 3 is 2.46 bits per heavy atom. The first-order chi connectivity index (χ1) is 11.7. The van der Waals surface area contributed by atoms with Gasteiger partial charge in [-0.05, 0) is 50.4 Å². The maximum absolute atomic E-state index is 10.3. The smallest absolute Gasteiger partial charge is 0.176 e. The fraction of sp³-hybridized carbons (Fsp3) is 0.333. The molecule has 2 aromatic carbocycles. The third-order valence-electron chi connectivity index (χ3n) is 5.93. The standard InChI is InChI=1S/C21H21NO2/c1-22-14-9-10-15(22)12-13(11-14)20-16-5-2-3-8-19(16)24-21-17(20)6-4-7-18(21)23/h2-8,14-15,23H,9-12H2,1H3. The van der Waals surface area contributed by atoms with Gasteiger partial charge in [-0.3, -0.25) is 4.90 Å². The van der Waals surface area contributed by atoms with E-state index in [1.807, 2.05) is 18.2 Å². The highest BCUT2D eigenvalue weighted by Crippen LogP contribution is 2.51. The van der Waals surface area contributed by atoms with Crippen LogP contribution in [0.25, 0.3) is 5.57 Å². The van der Waals surface area contributed by atoms with Gasteiger partial charge in [0.2, 0.25) is 0 Å². The van der Waals surface area contributed by atoms with Crippen molar-refractivity contribution >= 4 is 5.57 Å². The highest BCUT2D eigenvalue weighted by atomic mass is 16.5. The minimum absolute atomic E-state index is 0.219. The fourth-order valence-electron chi connectivity index (χ4n) is 4.67. The molecule has 3 heterocycles. The molecule has 0 aliphatic carbocycles. The SMILES string of the molecule is CN1C2CCC1CC(=C1c3ccccc3Oc3c(O)cccc31)C2. The Hall–Kier alpha value is -2.26. The second kappa shape index (κ2) is 5.12. The van der Waals surface area contributed by atoms with Crippen molar-refractivity contribution in [1.29, 1.82) is 0 Å². The molecule has 24 heavy (non-hydrogen) atoms. The van der Waals surface area contributed by atoms with Crippen LogP contribution in [0.4, 0.5) is 0 Å². The lowest BCUT2D eigenvalue weighted by atomic mass is 9.84. The van der Waals surface area contributed by atoms with Gasteiger partial charge in [-0.1, -0.05) is 35.9 Å². The van der Waals surface area contributed by atoms with Gasteiger partial charge in [0.25, 0.3) is 0 Å². The van der Waals surface area contributed by atoms with E-state index in [-0.39, 0.29) is 5.75 Å². The number of hydrogen-bond donors (Lipinski definition) is 1. The maximum atomic E-state index is 10.3. The summed E-state index contributed by atoms with van der Waals surface area (Å²) < 4.78 is 6.03. The van der Waals surface area contributed by atoms with E-state index in [4.69, 9.17) is 4.74 Å². The van der Waals surface area contributed by atoms with Gasteiger partial charge in [-0.15, -0.1) is 0 Å². The van der Waals surface area contributed by atoms with E-state index < -0.39 is 0 Å². The highest BCUT2D eigenvalue weighted by Gasteiger charge is 2.38. The normalized spacial score (nSPS) is 25.2. The molecule has 3 aliphatic rings. The van der Waals surface area contributed by atoms with Crippen LogP contribution in [0.5, 0.6) is 17.2 Å². The van der Waals surface area contributed by atoms with Crippen LogP contribution < -0.4 is 4.74 Å². The van der Waals surface area contributed by atoms with Crippen molar-refractivity contribution < 1.29 is 9.84 Å². The second-order valence-corrected chi connectivity index (χ2v) is 7.19. The van der Waals surface area contributed by atoms with Gasteiger partial charge < -0.3 is 9.84 Å². The summed E-state index contributed by atoms with van der Waals surface area (Å²) >= 11 is 0. The van der Waals surface area contributed by atoms with Crippen LogP contribution in [0.2, 0.25) is 0 Å². The van der Waals surface area contributed by atoms with Crippen LogP contribution in [0.15, 0.2) is 48.0 Å². The molecule has 2 atom stereocenters. The quantitative estimate of drug-likeness (QED) is 0.659. The number of benzene rings is 2. The first-order valence-corrected chi connectivity index (χ1v) is 8.76. The number of aromatic hydroxyl groups is 1. The zero-order valence-corrected chi connectivity index (χ0v) is 13.8. The monoisotopic (exact) mass is 319 g/mol. The Kier molecular flexibility index (Phi) is 3.01. The number of piperidine rings is 1. The number of ether oxygens (including phenoxy) is 1. The molecular formula is C21H21NO2.